The molecule has 0 saturated heterocycles. The van der Waals surface area contributed by atoms with E-state index in [-0.39, 0.29) is 0 Å². The van der Waals surface area contributed by atoms with Crippen LogP contribution in [0.15, 0.2) is 24.3 Å². The van der Waals surface area contributed by atoms with Crippen molar-refractivity contribution in [3.05, 3.63) is 24.3 Å². The summed E-state index contributed by atoms with van der Waals surface area (Å²) >= 11 is 0. The zero-order chi connectivity index (χ0) is 7.11. The van der Waals surface area contributed by atoms with Crippen molar-refractivity contribution in [1.29, 1.82) is 0 Å². The predicted molar refractivity (Wildman–Crippen MR) is 43.5 cm³/mol. The molecule has 0 heteroatoms. The highest BCUT2D eigenvalue weighted by Gasteiger charge is 1.87. The van der Waals surface area contributed by atoms with Crippen LogP contribution in [0.4, 0.5) is 0 Å². The van der Waals surface area contributed by atoms with E-state index in [4.69, 9.17) is 0 Å². The van der Waals surface area contributed by atoms with Gasteiger partial charge in [0.1, 0.15) is 0 Å². The van der Waals surface area contributed by atoms with Crippen LogP contribution in [-0.4, -0.2) is 0 Å². The second-order valence-corrected chi connectivity index (χ2v) is 2.16. The van der Waals surface area contributed by atoms with Gasteiger partial charge in [-0.15, -0.1) is 0 Å². The summed E-state index contributed by atoms with van der Waals surface area (Å²) in [7, 11) is 0. The van der Waals surface area contributed by atoms with Crippen molar-refractivity contribution in [3.63, 3.8) is 0 Å². The largest absolute Gasteiger partial charge is 0.0991 e. The normalized spacial score (nSPS) is 11.6. The molecule has 0 fully saturated rings. The number of allylic oxidation sites excluding steroid dienone is 3. The quantitative estimate of drug-likeness (QED) is 0.504. The van der Waals surface area contributed by atoms with Crippen molar-refractivity contribution in [2.45, 2.75) is 33.1 Å². The fraction of sp³-hybridized carbons (Fsp3) is 0.556. The monoisotopic (exact) mass is 124 g/mol. The second-order valence-electron chi connectivity index (χ2n) is 2.16. The minimum atomic E-state index is 1.17. The highest BCUT2D eigenvalue weighted by Crippen LogP contribution is 2.07. The lowest BCUT2D eigenvalue weighted by molar-refractivity contribution is 0.859. The van der Waals surface area contributed by atoms with Crippen molar-refractivity contribution in [1.82, 2.24) is 0 Å². The van der Waals surface area contributed by atoms with Gasteiger partial charge in [-0.1, -0.05) is 44.6 Å². The van der Waals surface area contributed by atoms with E-state index >= 15 is 0 Å². The average molecular weight is 124 g/mol. The lowest BCUT2D eigenvalue weighted by Crippen LogP contribution is -1.77. The van der Waals surface area contributed by atoms with Gasteiger partial charge in [0.05, 0.1) is 0 Å². The van der Waals surface area contributed by atoms with E-state index in [0.717, 1.165) is 0 Å². The van der Waals surface area contributed by atoms with Gasteiger partial charge in [0.2, 0.25) is 0 Å². The molecule has 0 aromatic carbocycles. The van der Waals surface area contributed by atoms with Crippen molar-refractivity contribution in [2.24, 2.45) is 0 Å². The van der Waals surface area contributed by atoms with Gasteiger partial charge in [0.25, 0.3) is 0 Å². The SMILES string of the molecule is C=C/C=C(/CC)CCC. The Morgan fingerprint density at radius 1 is 1.44 bits per heavy atom. The smallest absolute Gasteiger partial charge is 0.0320 e. The van der Waals surface area contributed by atoms with Gasteiger partial charge in [0, 0.05) is 0 Å². The molecule has 9 heavy (non-hydrogen) atoms. The van der Waals surface area contributed by atoms with Crippen LogP contribution >= 0.6 is 0 Å². The molecule has 0 spiro atoms. The Hall–Kier alpha value is -0.520. The molecule has 0 bridgehead atoms. The minimum Gasteiger partial charge on any atom is -0.0991 e. The molecule has 0 radical (unpaired) electrons. The number of rotatable bonds is 4. The van der Waals surface area contributed by atoms with E-state index in [1.807, 2.05) is 6.08 Å². The summed E-state index contributed by atoms with van der Waals surface area (Å²) in [4.78, 5) is 0. The second kappa shape index (κ2) is 5.61. The van der Waals surface area contributed by atoms with E-state index < -0.39 is 0 Å². The first-order chi connectivity index (χ1) is 4.35. The molecule has 0 nitrogen and oxygen atoms in total. The highest BCUT2D eigenvalue weighted by atomic mass is 13.9. The molecule has 0 N–H and O–H groups in total. The summed E-state index contributed by atoms with van der Waals surface area (Å²) in [6.07, 6.45) is 7.62. The molecule has 0 saturated carbocycles. The van der Waals surface area contributed by atoms with Gasteiger partial charge < -0.3 is 0 Å². The third-order valence-corrected chi connectivity index (χ3v) is 1.38. The van der Waals surface area contributed by atoms with Gasteiger partial charge in [-0.25, -0.2) is 0 Å². The summed E-state index contributed by atoms with van der Waals surface area (Å²) in [5.74, 6) is 0. The maximum absolute atomic E-state index is 3.65. The molecule has 52 valence electrons. The third-order valence-electron chi connectivity index (χ3n) is 1.38. The van der Waals surface area contributed by atoms with Crippen LogP contribution in [0.3, 0.4) is 0 Å². The van der Waals surface area contributed by atoms with E-state index in [2.05, 4.69) is 26.5 Å². The summed E-state index contributed by atoms with van der Waals surface area (Å²) in [5, 5.41) is 0. The standard InChI is InChI=1S/C9H16/c1-4-7-9(6-3)8-5-2/h4,7H,1,5-6,8H2,2-3H3/b9-7-. The molecule has 0 rings (SSSR count). The van der Waals surface area contributed by atoms with Crippen molar-refractivity contribution in [2.75, 3.05) is 0 Å². The van der Waals surface area contributed by atoms with E-state index in [1.165, 1.54) is 24.8 Å². The number of hydrogen-bond donors (Lipinski definition) is 0. The van der Waals surface area contributed by atoms with Gasteiger partial charge in [-0.2, -0.15) is 0 Å². The molecule has 0 aliphatic heterocycles. The Morgan fingerprint density at radius 2 is 2.11 bits per heavy atom. The first-order valence-corrected chi connectivity index (χ1v) is 3.65. The lowest BCUT2D eigenvalue weighted by Gasteiger charge is -1.97. The van der Waals surface area contributed by atoms with Crippen LogP contribution < -0.4 is 0 Å². The molecule has 0 aliphatic rings. The number of hydrogen-bond acceptors (Lipinski definition) is 0. The Morgan fingerprint density at radius 3 is 2.44 bits per heavy atom. The van der Waals surface area contributed by atoms with Gasteiger partial charge in [-0.05, 0) is 12.8 Å². The maximum Gasteiger partial charge on any atom is -0.0320 e. The Bertz CT molecular complexity index is 98.6. The van der Waals surface area contributed by atoms with Crippen LogP contribution in [-0.2, 0) is 0 Å². The Labute approximate surface area is 58.3 Å². The van der Waals surface area contributed by atoms with E-state index in [9.17, 15) is 0 Å². The van der Waals surface area contributed by atoms with Crippen molar-refractivity contribution >= 4 is 0 Å². The van der Waals surface area contributed by atoms with E-state index in [1.54, 1.807) is 0 Å². The molecule has 0 atom stereocenters. The molecule has 0 aromatic heterocycles. The minimum absolute atomic E-state index is 1.17. The fourth-order valence-corrected chi connectivity index (χ4v) is 0.866. The highest BCUT2D eigenvalue weighted by molar-refractivity contribution is 5.09. The summed E-state index contributed by atoms with van der Waals surface area (Å²) in [6, 6.07) is 0. The predicted octanol–water partition coefficient (Wildman–Crippen LogP) is 3.31. The lowest BCUT2D eigenvalue weighted by atomic mass is 10.1. The third kappa shape index (κ3) is 4.01. The molecule has 0 aliphatic carbocycles. The maximum atomic E-state index is 3.65. The zero-order valence-corrected chi connectivity index (χ0v) is 6.48. The van der Waals surface area contributed by atoms with Gasteiger partial charge in [-0.3, -0.25) is 0 Å². The first-order valence-electron chi connectivity index (χ1n) is 3.65. The van der Waals surface area contributed by atoms with Crippen LogP contribution in [0.2, 0.25) is 0 Å². The Kier molecular flexibility index (Phi) is 5.29. The Balaban J connectivity index is 3.66. The van der Waals surface area contributed by atoms with Crippen LogP contribution in [0.5, 0.6) is 0 Å². The fourth-order valence-electron chi connectivity index (χ4n) is 0.866. The van der Waals surface area contributed by atoms with Gasteiger partial charge >= 0.3 is 0 Å². The summed E-state index contributed by atoms with van der Waals surface area (Å²) in [6.45, 7) is 8.04. The van der Waals surface area contributed by atoms with Crippen LogP contribution in [0.25, 0.3) is 0 Å². The van der Waals surface area contributed by atoms with Crippen molar-refractivity contribution in [3.8, 4) is 0 Å². The summed E-state index contributed by atoms with van der Waals surface area (Å²) in [5.41, 5.74) is 1.51. The average Bonchev–Trinajstić information content (AvgIpc) is 1.88. The molecule has 0 unspecified atom stereocenters. The molecule has 0 amide bonds. The topological polar surface area (TPSA) is 0 Å². The zero-order valence-electron chi connectivity index (χ0n) is 6.48. The van der Waals surface area contributed by atoms with Crippen LogP contribution in [0.1, 0.15) is 33.1 Å². The molecule has 0 aromatic rings. The van der Waals surface area contributed by atoms with Gasteiger partial charge in [0.15, 0.2) is 0 Å². The van der Waals surface area contributed by atoms with Crippen LogP contribution in [0, 0.1) is 0 Å². The first kappa shape index (κ1) is 8.48. The molecular weight excluding hydrogens is 108 g/mol. The summed E-state index contributed by atoms with van der Waals surface area (Å²) < 4.78 is 0. The van der Waals surface area contributed by atoms with Crippen molar-refractivity contribution < 1.29 is 0 Å². The molecular formula is C9H16. The van der Waals surface area contributed by atoms with E-state index in [0.29, 0.717) is 0 Å². The molecule has 0 heterocycles.